The predicted molar refractivity (Wildman–Crippen MR) is 85.7 cm³/mol. The molecular formula is C15H21NOS2. The molecule has 0 amide bonds. The summed E-state index contributed by atoms with van der Waals surface area (Å²) in [5, 5.41) is 4.37. The molecule has 0 aromatic heterocycles. The topological polar surface area (TPSA) is 21.3 Å². The molecule has 0 bridgehead atoms. The van der Waals surface area contributed by atoms with Crippen LogP contribution in [0.25, 0.3) is 0 Å². The Kier molecular flexibility index (Phi) is 4.61. The largest absolute Gasteiger partial charge is 0.488 e. The molecule has 2 aliphatic heterocycles. The standard InChI is InChI=1S/C15H21NOS2/c1-11-2-3-15-12(6-11)7-13(17-15)8-16-9-14-10-18-4-5-19-14/h2-3,6,13-14,16H,4-5,7-10H2,1H3. The average Bonchev–Trinajstić information content (AvgIpc) is 2.82. The number of fused-ring (bicyclic) bond motifs is 1. The van der Waals surface area contributed by atoms with Crippen molar-refractivity contribution < 1.29 is 4.74 Å². The number of ether oxygens (including phenoxy) is 1. The summed E-state index contributed by atoms with van der Waals surface area (Å²) in [7, 11) is 0. The smallest absolute Gasteiger partial charge is 0.123 e. The first-order valence-electron chi connectivity index (χ1n) is 6.97. The minimum atomic E-state index is 0.318. The van der Waals surface area contributed by atoms with Gasteiger partial charge in [0.25, 0.3) is 0 Å². The van der Waals surface area contributed by atoms with E-state index in [0.717, 1.165) is 30.5 Å². The van der Waals surface area contributed by atoms with Crippen molar-refractivity contribution in [3.63, 3.8) is 0 Å². The van der Waals surface area contributed by atoms with Gasteiger partial charge in [-0.15, -0.1) is 0 Å². The maximum Gasteiger partial charge on any atom is 0.123 e. The van der Waals surface area contributed by atoms with Crippen LogP contribution in [0, 0.1) is 6.92 Å². The highest BCUT2D eigenvalue weighted by Gasteiger charge is 2.23. The van der Waals surface area contributed by atoms with Crippen LogP contribution in [-0.4, -0.2) is 41.7 Å². The predicted octanol–water partition coefficient (Wildman–Crippen LogP) is 2.74. The number of thioether (sulfide) groups is 2. The molecule has 2 nitrogen and oxygen atoms in total. The van der Waals surface area contributed by atoms with Gasteiger partial charge in [0.05, 0.1) is 0 Å². The summed E-state index contributed by atoms with van der Waals surface area (Å²) in [6.45, 7) is 4.23. The summed E-state index contributed by atoms with van der Waals surface area (Å²) < 4.78 is 5.98. The van der Waals surface area contributed by atoms with E-state index in [0.29, 0.717) is 6.10 Å². The molecule has 1 aromatic carbocycles. The van der Waals surface area contributed by atoms with Gasteiger partial charge in [0.1, 0.15) is 11.9 Å². The van der Waals surface area contributed by atoms with Gasteiger partial charge >= 0.3 is 0 Å². The number of nitrogens with one attached hydrogen (secondary N) is 1. The number of hydrogen-bond donors (Lipinski definition) is 1. The van der Waals surface area contributed by atoms with Gasteiger partial charge in [0.2, 0.25) is 0 Å². The molecule has 1 N–H and O–H groups in total. The van der Waals surface area contributed by atoms with Crippen molar-refractivity contribution in [3.05, 3.63) is 29.3 Å². The molecule has 0 saturated carbocycles. The van der Waals surface area contributed by atoms with Crippen molar-refractivity contribution in [3.8, 4) is 5.75 Å². The van der Waals surface area contributed by atoms with Gasteiger partial charge in [0.15, 0.2) is 0 Å². The summed E-state index contributed by atoms with van der Waals surface area (Å²) in [6.07, 6.45) is 1.37. The van der Waals surface area contributed by atoms with E-state index in [2.05, 4.69) is 54.0 Å². The van der Waals surface area contributed by atoms with E-state index in [1.807, 2.05) is 0 Å². The molecule has 1 saturated heterocycles. The van der Waals surface area contributed by atoms with Crippen LogP contribution in [0.15, 0.2) is 18.2 Å². The lowest BCUT2D eigenvalue weighted by Crippen LogP contribution is -2.36. The molecule has 1 aromatic rings. The Morgan fingerprint density at radius 3 is 3.11 bits per heavy atom. The normalized spacial score (nSPS) is 25.9. The minimum Gasteiger partial charge on any atom is -0.488 e. The molecule has 3 rings (SSSR count). The highest BCUT2D eigenvalue weighted by atomic mass is 32.2. The summed E-state index contributed by atoms with van der Waals surface area (Å²) in [5.74, 6) is 5.01. The molecule has 2 heterocycles. The highest BCUT2D eigenvalue weighted by Crippen LogP contribution is 2.29. The Balaban J connectivity index is 1.43. The van der Waals surface area contributed by atoms with Crippen molar-refractivity contribution >= 4 is 23.5 Å². The maximum atomic E-state index is 5.98. The molecule has 0 spiro atoms. The molecule has 104 valence electrons. The van der Waals surface area contributed by atoms with Crippen LogP contribution >= 0.6 is 23.5 Å². The van der Waals surface area contributed by atoms with Crippen LogP contribution in [-0.2, 0) is 6.42 Å². The van der Waals surface area contributed by atoms with Crippen LogP contribution in [0.2, 0.25) is 0 Å². The third-order valence-corrected chi connectivity index (χ3v) is 6.43. The molecule has 19 heavy (non-hydrogen) atoms. The monoisotopic (exact) mass is 295 g/mol. The Morgan fingerprint density at radius 1 is 1.32 bits per heavy atom. The third-order valence-electron chi connectivity index (χ3n) is 3.59. The van der Waals surface area contributed by atoms with Gasteiger partial charge in [-0.05, 0) is 18.6 Å². The second kappa shape index (κ2) is 6.42. The first-order chi connectivity index (χ1) is 9.31. The molecule has 4 heteroatoms. The Labute approximate surface area is 124 Å². The average molecular weight is 295 g/mol. The van der Waals surface area contributed by atoms with Gasteiger partial charge in [0, 0.05) is 42.0 Å². The summed E-state index contributed by atoms with van der Waals surface area (Å²) in [4.78, 5) is 0. The van der Waals surface area contributed by atoms with Gasteiger partial charge in [-0.25, -0.2) is 0 Å². The second-order valence-corrected chi connectivity index (χ2v) is 7.84. The highest BCUT2D eigenvalue weighted by molar-refractivity contribution is 8.06. The van der Waals surface area contributed by atoms with Gasteiger partial charge in [-0.3, -0.25) is 0 Å². The molecule has 2 atom stereocenters. The van der Waals surface area contributed by atoms with Crippen LogP contribution in [0.5, 0.6) is 5.75 Å². The Bertz CT molecular complexity index is 432. The van der Waals surface area contributed by atoms with Crippen LogP contribution in [0.1, 0.15) is 11.1 Å². The van der Waals surface area contributed by atoms with Gasteiger partial charge in [-0.2, -0.15) is 23.5 Å². The number of hydrogen-bond acceptors (Lipinski definition) is 4. The molecule has 0 radical (unpaired) electrons. The van der Waals surface area contributed by atoms with E-state index in [4.69, 9.17) is 4.74 Å². The van der Waals surface area contributed by atoms with Gasteiger partial charge in [-0.1, -0.05) is 17.7 Å². The Morgan fingerprint density at radius 2 is 2.26 bits per heavy atom. The number of aryl methyl sites for hydroxylation is 1. The third kappa shape index (κ3) is 3.61. The fraction of sp³-hybridized carbons (Fsp3) is 0.600. The van der Waals surface area contributed by atoms with E-state index in [-0.39, 0.29) is 0 Å². The Hall–Kier alpha value is -0.320. The minimum absolute atomic E-state index is 0.318. The van der Waals surface area contributed by atoms with Crippen molar-refractivity contribution in [2.45, 2.75) is 24.7 Å². The quantitative estimate of drug-likeness (QED) is 0.921. The van der Waals surface area contributed by atoms with E-state index >= 15 is 0 Å². The number of benzene rings is 1. The fourth-order valence-electron chi connectivity index (χ4n) is 2.62. The van der Waals surface area contributed by atoms with Crippen molar-refractivity contribution in [1.29, 1.82) is 0 Å². The molecular weight excluding hydrogens is 274 g/mol. The summed E-state index contributed by atoms with van der Waals surface area (Å²) in [6, 6.07) is 6.49. The molecule has 2 unspecified atom stereocenters. The van der Waals surface area contributed by atoms with Crippen molar-refractivity contribution in [2.75, 3.05) is 30.3 Å². The number of rotatable bonds is 4. The maximum absolute atomic E-state index is 5.98. The van der Waals surface area contributed by atoms with Crippen LogP contribution < -0.4 is 10.1 Å². The van der Waals surface area contributed by atoms with E-state index < -0.39 is 0 Å². The van der Waals surface area contributed by atoms with E-state index in [1.165, 1.54) is 28.4 Å². The first-order valence-corrected chi connectivity index (χ1v) is 9.18. The first kappa shape index (κ1) is 13.7. The summed E-state index contributed by atoms with van der Waals surface area (Å²) in [5.41, 5.74) is 2.70. The lowest BCUT2D eigenvalue weighted by atomic mass is 10.1. The fourth-order valence-corrected chi connectivity index (χ4v) is 5.27. The van der Waals surface area contributed by atoms with Crippen LogP contribution in [0.3, 0.4) is 0 Å². The zero-order valence-electron chi connectivity index (χ0n) is 11.4. The lowest BCUT2D eigenvalue weighted by Gasteiger charge is -2.22. The van der Waals surface area contributed by atoms with Crippen molar-refractivity contribution in [2.24, 2.45) is 0 Å². The van der Waals surface area contributed by atoms with Crippen LogP contribution in [0.4, 0.5) is 0 Å². The molecule has 1 fully saturated rings. The van der Waals surface area contributed by atoms with Gasteiger partial charge < -0.3 is 10.1 Å². The summed E-state index contributed by atoms with van der Waals surface area (Å²) >= 11 is 4.20. The molecule has 2 aliphatic rings. The SMILES string of the molecule is Cc1ccc2c(c1)CC(CNCC1CSCCS1)O2. The lowest BCUT2D eigenvalue weighted by molar-refractivity contribution is 0.228. The zero-order chi connectivity index (χ0) is 13.1. The van der Waals surface area contributed by atoms with E-state index in [1.54, 1.807) is 0 Å². The van der Waals surface area contributed by atoms with E-state index in [9.17, 15) is 0 Å². The zero-order valence-corrected chi connectivity index (χ0v) is 13.0. The van der Waals surface area contributed by atoms with Crippen molar-refractivity contribution in [1.82, 2.24) is 5.32 Å². The molecule has 0 aliphatic carbocycles. The second-order valence-electron chi connectivity index (χ2n) is 5.28.